The third kappa shape index (κ3) is 4.44. The molecule has 3 rings (SSSR count). The number of rotatable bonds is 7. The molecule has 0 aliphatic heterocycles. The van der Waals surface area contributed by atoms with E-state index in [1.807, 2.05) is 30.3 Å². The second-order valence-corrected chi connectivity index (χ2v) is 6.11. The number of hydrogen-bond donors (Lipinski definition) is 3. The van der Waals surface area contributed by atoms with Crippen molar-refractivity contribution < 1.29 is 20.3 Å². The van der Waals surface area contributed by atoms with Crippen LogP contribution in [-0.4, -0.2) is 16.8 Å². The first-order valence-electron chi connectivity index (χ1n) is 8.40. The first kappa shape index (κ1) is 18.4. The van der Waals surface area contributed by atoms with Crippen LogP contribution < -0.4 is 15.6 Å². The van der Waals surface area contributed by atoms with Gasteiger partial charge in [-0.2, -0.15) is 0 Å². The molecular formula is C21H19N2O4-. The molecule has 0 saturated heterocycles. The topological polar surface area (TPSA) is 95.9 Å². The minimum atomic E-state index is -0.144. The third-order valence-corrected chi connectivity index (χ3v) is 4.32. The molecule has 138 valence electrons. The van der Waals surface area contributed by atoms with Gasteiger partial charge in [-0.1, -0.05) is 54.6 Å². The molecule has 0 aliphatic rings. The number of nitrogens with zero attached hydrogens (tertiary/aromatic N) is 1. The van der Waals surface area contributed by atoms with Crippen molar-refractivity contribution in [3.63, 3.8) is 0 Å². The average Bonchev–Trinajstić information content (AvgIpc) is 2.69. The van der Waals surface area contributed by atoms with E-state index in [0.717, 1.165) is 16.7 Å². The van der Waals surface area contributed by atoms with Crippen LogP contribution in [0.2, 0.25) is 0 Å². The molecule has 0 heterocycles. The van der Waals surface area contributed by atoms with E-state index in [9.17, 15) is 20.3 Å². The minimum Gasteiger partial charge on any atom is -0.872 e. The maximum absolute atomic E-state index is 12.3. The van der Waals surface area contributed by atoms with Crippen molar-refractivity contribution in [2.45, 2.75) is 13.0 Å². The van der Waals surface area contributed by atoms with E-state index in [1.165, 1.54) is 18.2 Å². The van der Waals surface area contributed by atoms with Crippen LogP contribution in [0.15, 0.2) is 66.7 Å². The number of nitrogens with one attached hydrogen (secondary N) is 1. The van der Waals surface area contributed by atoms with Crippen LogP contribution in [0, 0.1) is 0 Å². The van der Waals surface area contributed by atoms with Gasteiger partial charge in [-0.3, -0.25) is 15.2 Å². The quantitative estimate of drug-likeness (QED) is 0.443. The van der Waals surface area contributed by atoms with Gasteiger partial charge in [-0.25, -0.2) is 0 Å². The highest BCUT2D eigenvalue weighted by Crippen LogP contribution is 2.31. The Kier molecular flexibility index (Phi) is 5.71. The number of benzene rings is 3. The summed E-state index contributed by atoms with van der Waals surface area (Å²) in [5, 5.41) is 33.4. The molecular weight excluding hydrogens is 344 g/mol. The number of amides is 1. The molecule has 3 N–H and O–H groups in total. The van der Waals surface area contributed by atoms with Crippen LogP contribution in [0.4, 0.5) is 5.69 Å². The van der Waals surface area contributed by atoms with Gasteiger partial charge in [0.1, 0.15) is 0 Å². The van der Waals surface area contributed by atoms with Crippen molar-refractivity contribution in [1.29, 1.82) is 0 Å². The molecule has 0 unspecified atom stereocenters. The van der Waals surface area contributed by atoms with Gasteiger partial charge >= 0.3 is 0 Å². The van der Waals surface area contributed by atoms with Crippen molar-refractivity contribution >= 4 is 12.1 Å². The van der Waals surface area contributed by atoms with Gasteiger partial charge in [0.05, 0.1) is 5.69 Å². The maximum atomic E-state index is 12.3. The SMILES string of the molecule is O=CNCc1ccccc1Cc1ccc([O-])c(-c2cccc(N(O)O)c2)c1. The molecule has 0 bridgehead atoms. The van der Waals surface area contributed by atoms with Crippen LogP contribution >= 0.6 is 0 Å². The fourth-order valence-electron chi connectivity index (χ4n) is 2.98. The highest BCUT2D eigenvalue weighted by Gasteiger charge is 2.07. The first-order chi connectivity index (χ1) is 13.1. The zero-order valence-corrected chi connectivity index (χ0v) is 14.5. The highest BCUT2D eigenvalue weighted by atomic mass is 16.8. The Balaban J connectivity index is 1.93. The molecule has 0 fully saturated rings. The molecule has 3 aromatic rings. The van der Waals surface area contributed by atoms with Crippen molar-refractivity contribution in [1.82, 2.24) is 5.32 Å². The van der Waals surface area contributed by atoms with Gasteiger partial charge in [0.15, 0.2) is 0 Å². The number of hydrogen-bond acceptors (Lipinski definition) is 5. The lowest BCUT2D eigenvalue weighted by atomic mass is 9.96. The lowest BCUT2D eigenvalue weighted by molar-refractivity contribution is -0.267. The molecule has 0 spiro atoms. The van der Waals surface area contributed by atoms with Crippen LogP contribution in [0.5, 0.6) is 5.75 Å². The summed E-state index contributed by atoms with van der Waals surface area (Å²) in [6.07, 6.45) is 1.27. The van der Waals surface area contributed by atoms with Gasteiger partial charge in [-0.05, 0) is 46.4 Å². The number of carbonyl (C=O) groups is 1. The summed E-state index contributed by atoms with van der Waals surface area (Å²) >= 11 is 0. The highest BCUT2D eigenvalue weighted by molar-refractivity contribution is 5.73. The predicted octanol–water partition coefficient (Wildman–Crippen LogP) is 2.85. The minimum absolute atomic E-state index is 0.0219. The fourth-order valence-corrected chi connectivity index (χ4v) is 2.98. The van der Waals surface area contributed by atoms with Crippen molar-refractivity contribution in [2.24, 2.45) is 0 Å². The fraction of sp³-hybridized carbons (Fsp3) is 0.0952. The zero-order chi connectivity index (χ0) is 19.2. The summed E-state index contributed by atoms with van der Waals surface area (Å²) in [5.74, 6) is -0.144. The molecule has 0 radical (unpaired) electrons. The molecule has 0 aliphatic carbocycles. The molecule has 1 amide bonds. The van der Waals surface area contributed by atoms with E-state index in [2.05, 4.69) is 5.32 Å². The zero-order valence-electron chi connectivity index (χ0n) is 14.5. The van der Waals surface area contributed by atoms with E-state index in [4.69, 9.17) is 0 Å². The normalized spacial score (nSPS) is 10.4. The number of carbonyl (C=O) groups excluding carboxylic acids is 1. The second-order valence-electron chi connectivity index (χ2n) is 6.11. The lowest BCUT2D eigenvalue weighted by Gasteiger charge is -2.17. The Morgan fingerprint density at radius 2 is 1.74 bits per heavy atom. The molecule has 3 aromatic carbocycles. The van der Waals surface area contributed by atoms with Gasteiger partial charge in [0.25, 0.3) is 0 Å². The van der Waals surface area contributed by atoms with Crippen molar-refractivity contribution in [3.05, 3.63) is 83.4 Å². The maximum Gasteiger partial charge on any atom is 0.207 e. The predicted molar refractivity (Wildman–Crippen MR) is 99.5 cm³/mol. The summed E-state index contributed by atoms with van der Waals surface area (Å²) in [6.45, 7) is 0.442. The summed E-state index contributed by atoms with van der Waals surface area (Å²) in [6, 6.07) is 19.3. The molecule has 0 aromatic heterocycles. The summed E-state index contributed by atoms with van der Waals surface area (Å²) < 4.78 is 0. The molecule has 0 saturated carbocycles. The van der Waals surface area contributed by atoms with Crippen LogP contribution in [0.3, 0.4) is 0 Å². The monoisotopic (exact) mass is 363 g/mol. The van der Waals surface area contributed by atoms with Gasteiger partial charge in [0, 0.05) is 6.54 Å². The largest absolute Gasteiger partial charge is 0.872 e. The third-order valence-electron chi connectivity index (χ3n) is 4.32. The van der Waals surface area contributed by atoms with E-state index >= 15 is 0 Å². The smallest absolute Gasteiger partial charge is 0.207 e. The van der Waals surface area contributed by atoms with Crippen LogP contribution in [0.25, 0.3) is 11.1 Å². The Bertz CT molecular complexity index is 941. The van der Waals surface area contributed by atoms with E-state index < -0.39 is 0 Å². The van der Waals surface area contributed by atoms with E-state index in [0.29, 0.717) is 30.5 Å². The average molecular weight is 363 g/mol. The van der Waals surface area contributed by atoms with Gasteiger partial charge in [-0.15, -0.1) is 11.0 Å². The summed E-state index contributed by atoms with van der Waals surface area (Å²) in [7, 11) is 0. The second kappa shape index (κ2) is 8.35. The lowest BCUT2D eigenvalue weighted by Crippen LogP contribution is -2.11. The summed E-state index contributed by atoms with van der Waals surface area (Å²) in [4.78, 5) is 10.6. The first-order valence-corrected chi connectivity index (χ1v) is 8.40. The Morgan fingerprint density at radius 3 is 2.48 bits per heavy atom. The van der Waals surface area contributed by atoms with Gasteiger partial charge < -0.3 is 10.4 Å². The van der Waals surface area contributed by atoms with Crippen LogP contribution in [0.1, 0.15) is 16.7 Å². The number of anilines is 1. The van der Waals surface area contributed by atoms with Crippen molar-refractivity contribution in [2.75, 3.05) is 5.23 Å². The van der Waals surface area contributed by atoms with E-state index in [1.54, 1.807) is 18.2 Å². The Labute approximate surface area is 156 Å². The molecule has 6 nitrogen and oxygen atoms in total. The van der Waals surface area contributed by atoms with E-state index in [-0.39, 0.29) is 16.7 Å². The standard InChI is InChI=1S/C21H20N2O4/c24-14-22-13-18-5-2-1-4-16(18)10-15-8-9-21(25)20(11-15)17-6-3-7-19(12-17)23(26)27/h1-9,11-12,14,25-27H,10,13H2,(H,22,24)/p-1. The summed E-state index contributed by atoms with van der Waals surface area (Å²) in [5.41, 5.74) is 4.27. The Morgan fingerprint density at radius 1 is 0.963 bits per heavy atom. The van der Waals surface area contributed by atoms with Crippen molar-refractivity contribution in [3.8, 4) is 16.9 Å². The molecule has 0 atom stereocenters. The molecule has 6 heteroatoms. The molecule has 27 heavy (non-hydrogen) atoms. The van der Waals surface area contributed by atoms with Gasteiger partial charge in [0.2, 0.25) is 6.41 Å². The Hall–Kier alpha value is -3.35. The van der Waals surface area contributed by atoms with Crippen LogP contribution in [-0.2, 0) is 17.8 Å².